The molecule has 1 aromatic rings. The number of nitrogens with one attached hydrogen (secondary N) is 1. The topological polar surface area (TPSA) is 32.3 Å². The van der Waals surface area contributed by atoms with Crippen molar-refractivity contribution < 1.29 is 4.79 Å². The van der Waals surface area contributed by atoms with Gasteiger partial charge in [0.05, 0.1) is 0 Å². The molecule has 0 aromatic heterocycles. The van der Waals surface area contributed by atoms with Gasteiger partial charge in [-0.3, -0.25) is 4.79 Å². The average Bonchev–Trinajstić information content (AvgIpc) is 2.69. The number of amides is 1. The van der Waals surface area contributed by atoms with Crippen molar-refractivity contribution in [1.29, 1.82) is 0 Å². The van der Waals surface area contributed by atoms with Gasteiger partial charge in [-0.05, 0) is 57.0 Å². The van der Waals surface area contributed by atoms with Gasteiger partial charge in [0, 0.05) is 23.1 Å². The van der Waals surface area contributed by atoms with Crippen LogP contribution in [0.1, 0.15) is 35.2 Å². The predicted molar refractivity (Wildman–Crippen MR) is 81.5 cm³/mol. The number of rotatable bonds is 2. The molecular weight excluding hydrogens is 304 g/mol. The van der Waals surface area contributed by atoms with E-state index in [9.17, 15) is 4.79 Å². The van der Waals surface area contributed by atoms with Crippen molar-refractivity contribution in [3.8, 4) is 0 Å². The SMILES string of the molecule is Cc1ccc(C(=O)N(C)C2CCCNCC2)cc1Br. The van der Waals surface area contributed by atoms with Crippen molar-refractivity contribution in [1.82, 2.24) is 10.2 Å². The van der Waals surface area contributed by atoms with Gasteiger partial charge in [-0.25, -0.2) is 0 Å². The van der Waals surface area contributed by atoms with Gasteiger partial charge in [0.1, 0.15) is 0 Å². The fourth-order valence-electron chi connectivity index (χ4n) is 2.48. The Labute approximate surface area is 123 Å². The molecule has 1 aromatic carbocycles. The molecule has 0 aliphatic carbocycles. The van der Waals surface area contributed by atoms with Gasteiger partial charge >= 0.3 is 0 Å². The highest BCUT2D eigenvalue weighted by atomic mass is 79.9. The Kier molecular flexibility index (Phi) is 4.99. The Morgan fingerprint density at radius 2 is 2.16 bits per heavy atom. The molecule has 1 fully saturated rings. The maximum atomic E-state index is 12.5. The number of benzene rings is 1. The van der Waals surface area contributed by atoms with Crippen molar-refractivity contribution in [2.75, 3.05) is 20.1 Å². The van der Waals surface area contributed by atoms with Crippen LogP contribution in [0.15, 0.2) is 22.7 Å². The van der Waals surface area contributed by atoms with Crippen LogP contribution in [-0.2, 0) is 0 Å². The quantitative estimate of drug-likeness (QED) is 0.907. The fraction of sp³-hybridized carbons (Fsp3) is 0.533. The average molecular weight is 325 g/mol. The van der Waals surface area contributed by atoms with Gasteiger partial charge in [-0.1, -0.05) is 22.0 Å². The predicted octanol–water partition coefficient (Wildman–Crippen LogP) is 2.97. The molecule has 2 rings (SSSR count). The molecule has 1 amide bonds. The smallest absolute Gasteiger partial charge is 0.253 e. The fourth-order valence-corrected chi connectivity index (χ4v) is 2.86. The maximum Gasteiger partial charge on any atom is 0.253 e. The molecule has 0 radical (unpaired) electrons. The zero-order valence-corrected chi connectivity index (χ0v) is 13.2. The van der Waals surface area contributed by atoms with Crippen LogP contribution in [0.4, 0.5) is 0 Å². The van der Waals surface area contributed by atoms with Crippen LogP contribution in [0, 0.1) is 6.92 Å². The highest BCUT2D eigenvalue weighted by molar-refractivity contribution is 9.10. The molecule has 1 heterocycles. The number of carbonyl (C=O) groups excluding carboxylic acids is 1. The summed E-state index contributed by atoms with van der Waals surface area (Å²) >= 11 is 3.49. The number of hydrogen-bond acceptors (Lipinski definition) is 2. The Balaban J connectivity index is 2.10. The third kappa shape index (κ3) is 3.57. The van der Waals surface area contributed by atoms with E-state index in [0.717, 1.165) is 48.0 Å². The minimum absolute atomic E-state index is 0.118. The number of aryl methyl sites for hydroxylation is 1. The Bertz CT molecular complexity index is 453. The molecule has 0 spiro atoms. The van der Waals surface area contributed by atoms with Crippen molar-refractivity contribution >= 4 is 21.8 Å². The first-order chi connectivity index (χ1) is 9.09. The lowest BCUT2D eigenvalue weighted by atomic mass is 10.1. The Morgan fingerprint density at radius 1 is 1.37 bits per heavy atom. The summed E-state index contributed by atoms with van der Waals surface area (Å²) in [5.74, 6) is 0.118. The second-order valence-electron chi connectivity index (χ2n) is 5.21. The Morgan fingerprint density at radius 3 is 2.89 bits per heavy atom. The molecule has 3 nitrogen and oxygen atoms in total. The number of carbonyl (C=O) groups is 1. The highest BCUT2D eigenvalue weighted by Crippen LogP contribution is 2.20. The second kappa shape index (κ2) is 6.53. The van der Waals surface area contributed by atoms with E-state index in [1.54, 1.807) is 0 Å². The molecule has 1 atom stereocenters. The van der Waals surface area contributed by atoms with Crippen molar-refractivity contribution in [2.45, 2.75) is 32.2 Å². The summed E-state index contributed by atoms with van der Waals surface area (Å²) in [5, 5.41) is 3.38. The zero-order chi connectivity index (χ0) is 13.8. The molecule has 0 bridgehead atoms. The highest BCUT2D eigenvalue weighted by Gasteiger charge is 2.22. The minimum Gasteiger partial charge on any atom is -0.339 e. The summed E-state index contributed by atoms with van der Waals surface area (Å²) in [6.07, 6.45) is 3.26. The zero-order valence-electron chi connectivity index (χ0n) is 11.6. The summed E-state index contributed by atoms with van der Waals surface area (Å²) in [7, 11) is 1.92. The van der Waals surface area contributed by atoms with E-state index in [4.69, 9.17) is 0 Å². The number of hydrogen-bond donors (Lipinski definition) is 1. The van der Waals surface area contributed by atoms with E-state index in [0.29, 0.717) is 6.04 Å². The number of nitrogens with zero attached hydrogens (tertiary/aromatic N) is 1. The van der Waals surface area contributed by atoms with E-state index in [-0.39, 0.29) is 5.91 Å². The molecule has 1 aliphatic rings. The van der Waals surface area contributed by atoms with Gasteiger partial charge in [0.25, 0.3) is 5.91 Å². The van der Waals surface area contributed by atoms with Gasteiger partial charge < -0.3 is 10.2 Å². The molecule has 1 saturated heterocycles. The molecule has 0 saturated carbocycles. The molecule has 4 heteroatoms. The lowest BCUT2D eigenvalue weighted by Crippen LogP contribution is -2.37. The van der Waals surface area contributed by atoms with Crippen LogP contribution in [0.5, 0.6) is 0 Å². The minimum atomic E-state index is 0.118. The summed E-state index contributed by atoms with van der Waals surface area (Å²) in [4.78, 5) is 14.4. The van der Waals surface area contributed by atoms with Gasteiger partial charge in [-0.15, -0.1) is 0 Å². The monoisotopic (exact) mass is 324 g/mol. The van der Waals surface area contributed by atoms with Crippen molar-refractivity contribution in [3.63, 3.8) is 0 Å². The first-order valence-corrected chi connectivity index (χ1v) is 7.63. The van der Waals surface area contributed by atoms with E-state index in [1.165, 1.54) is 0 Å². The maximum absolute atomic E-state index is 12.5. The van der Waals surface area contributed by atoms with Crippen LogP contribution >= 0.6 is 15.9 Å². The Hall–Kier alpha value is -0.870. The summed E-state index contributed by atoms with van der Waals surface area (Å²) in [6, 6.07) is 6.17. The van der Waals surface area contributed by atoms with Crippen LogP contribution in [0.25, 0.3) is 0 Å². The summed E-state index contributed by atoms with van der Waals surface area (Å²) < 4.78 is 0.995. The van der Waals surface area contributed by atoms with Crippen molar-refractivity contribution in [3.05, 3.63) is 33.8 Å². The lowest BCUT2D eigenvalue weighted by molar-refractivity contribution is 0.0720. The molecule has 1 N–H and O–H groups in total. The lowest BCUT2D eigenvalue weighted by Gasteiger charge is -2.27. The normalized spacial score (nSPS) is 19.8. The molecule has 1 unspecified atom stereocenters. The molecular formula is C15H21BrN2O. The molecule has 19 heavy (non-hydrogen) atoms. The van der Waals surface area contributed by atoms with Crippen LogP contribution in [-0.4, -0.2) is 37.0 Å². The van der Waals surface area contributed by atoms with Crippen LogP contribution < -0.4 is 5.32 Å². The molecule has 104 valence electrons. The first kappa shape index (κ1) is 14.5. The third-order valence-corrected chi connectivity index (χ3v) is 4.69. The molecule has 1 aliphatic heterocycles. The summed E-state index contributed by atoms with van der Waals surface area (Å²) in [6.45, 7) is 4.09. The van der Waals surface area contributed by atoms with Gasteiger partial charge in [-0.2, -0.15) is 0 Å². The van der Waals surface area contributed by atoms with Gasteiger partial charge in [0.2, 0.25) is 0 Å². The van der Waals surface area contributed by atoms with E-state index >= 15 is 0 Å². The third-order valence-electron chi connectivity index (χ3n) is 3.83. The number of halogens is 1. The standard InChI is InChI=1S/C15H21BrN2O/c1-11-5-6-12(10-14(11)16)15(19)18(2)13-4-3-8-17-9-7-13/h5-6,10,13,17H,3-4,7-9H2,1-2H3. The van der Waals surface area contributed by atoms with Crippen LogP contribution in [0.2, 0.25) is 0 Å². The van der Waals surface area contributed by atoms with E-state index in [2.05, 4.69) is 21.2 Å². The second-order valence-corrected chi connectivity index (χ2v) is 6.07. The largest absolute Gasteiger partial charge is 0.339 e. The summed E-state index contributed by atoms with van der Waals surface area (Å²) in [5.41, 5.74) is 1.91. The van der Waals surface area contributed by atoms with E-state index < -0.39 is 0 Å². The van der Waals surface area contributed by atoms with Crippen molar-refractivity contribution in [2.24, 2.45) is 0 Å². The van der Waals surface area contributed by atoms with Gasteiger partial charge in [0.15, 0.2) is 0 Å². The van der Waals surface area contributed by atoms with Crippen LogP contribution in [0.3, 0.4) is 0 Å². The first-order valence-electron chi connectivity index (χ1n) is 6.83. The van der Waals surface area contributed by atoms with E-state index in [1.807, 2.05) is 37.1 Å².